The molecule has 1 aliphatic heterocycles. The number of benzene rings is 1. The summed E-state index contributed by atoms with van der Waals surface area (Å²) in [5.41, 5.74) is 1.20. The smallest absolute Gasteiger partial charge is 0.295 e. The lowest BCUT2D eigenvalue weighted by Gasteiger charge is -2.28. The summed E-state index contributed by atoms with van der Waals surface area (Å²) in [7, 11) is 0. The van der Waals surface area contributed by atoms with Crippen LogP contribution >= 0.6 is 0 Å². The summed E-state index contributed by atoms with van der Waals surface area (Å²) in [6.07, 6.45) is 4.71. The van der Waals surface area contributed by atoms with Crippen LogP contribution in [-0.2, 0) is 9.59 Å². The highest BCUT2D eigenvalue weighted by atomic mass is 16.5. The average Bonchev–Trinajstić information content (AvgIpc) is 3.08. The Morgan fingerprint density at radius 1 is 1.22 bits per heavy atom. The molecule has 0 bridgehead atoms. The first kappa shape index (κ1) is 23.2. The molecular formula is C25H29N3O4. The van der Waals surface area contributed by atoms with Crippen LogP contribution < -0.4 is 4.74 Å². The van der Waals surface area contributed by atoms with Crippen LogP contribution in [-0.4, -0.2) is 64.4 Å². The number of ether oxygens (including phenoxy) is 1. The van der Waals surface area contributed by atoms with Gasteiger partial charge in [-0.2, -0.15) is 0 Å². The van der Waals surface area contributed by atoms with E-state index in [0.29, 0.717) is 36.6 Å². The number of Topliss-reactive ketones (excluding diaryl/α,β-unsaturated/α-hetero) is 1. The van der Waals surface area contributed by atoms with Gasteiger partial charge in [0.1, 0.15) is 18.1 Å². The molecule has 1 amide bonds. The Kier molecular flexibility index (Phi) is 7.78. The molecule has 1 fully saturated rings. The van der Waals surface area contributed by atoms with Crippen LogP contribution in [0.1, 0.15) is 31.0 Å². The van der Waals surface area contributed by atoms with Gasteiger partial charge in [0.05, 0.1) is 11.6 Å². The summed E-state index contributed by atoms with van der Waals surface area (Å²) in [6.45, 7) is 10.8. The zero-order chi connectivity index (χ0) is 23.1. The molecule has 0 radical (unpaired) electrons. The molecule has 0 aliphatic carbocycles. The van der Waals surface area contributed by atoms with E-state index >= 15 is 0 Å². The Hall–Kier alpha value is -3.45. The van der Waals surface area contributed by atoms with E-state index in [1.165, 1.54) is 12.4 Å². The van der Waals surface area contributed by atoms with Gasteiger partial charge in [0.2, 0.25) is 0 Å². The van der Waals surface area contributed by atoms with E-state index in [-0.39, 0.29) is 11.3 Å². The zero-order valence-corrected chi connectivity index (χ0v) is 18.5. The number of carbonyl (C=O) groups excluding carboxylic acids is 2. The highest BCUT2D eigenvalue weighted by Gasteiger charge is 2.46. The van der Waals surface area contributed by atoms with Crippen LogP contribution in [0.15, 0.2) is 67.0 Å². The third kappa shape index (κ3) is 4.89. The van der Waals surface area contributed by atoms with Crippen molar-refractivity contribution in [3.63, 3.8) is 0 Å². The maximum Gasteiger partial charge on any atom is 0.295 e. The van der Waals surface area contributed by atoms with Crippen LogP contribution in [0.2, 0.25) is 0 Å². The minimum atomic E-state index is -0.717. The van der Waals surface area contributed by atoms with Gasteiger partial charge < -0.3 is 19.6 Å². The van der Waals surface area contributed by atoms with E-state index in [1.807, 2.05) is 12.1 Å². The standard InChI is InChI=1S/C25H29N3O4/c1-4-16-32-20-9-7-8-19(17-20)22-21(23(29)18-10-12-26-13-11-18)24(30)25(31)28(22)15-14-27(5-2)6-3/h4,7-13,17,22,29H,1,5-6,14-16H2,2-3H3. The van der Waals surface area contributed by atoms with Crippen LogP contribution in [0, 0.1) is 0 Å². The molecule has 7 heteroatoms. The predicted octanol–water partition coefficient (Wildman–Crippen LogP) is 3.41. The lowest BCUT2D eigenvalue weighted by molar-refractivity contribution is -0.140. The van der Waals surface area contributed by atoms with Crippen LogP contribution in [0.3, 0.4) is 0 Å². The molecule has 2 aromatic rings. The molecule has 1 aromatic carbocycles. The van der Waals surface area contributed by atoms with Gasteiger partial charge in [0.15, 0.2) is 0 Å². The number of ketones is 1. The predicted molar refractivity (Wildman–Crippen MR) is 123 cm³/mol. The maximum atomic E-state index is 13.1. The second-order valence-electron chi connectivity index (χ2n) is 7.43. The van der Waals surface area contributed by atoms with Crippen LogP contribution in [0.25, 0.3) is 5.76 Å². The minimum Gasteiger partial charge on any atom is -0.507 e. The van der Waals surface area contributed by atoms with Crippen molar-refractivity contribution in [2.45, 2.75) is 19.9 Å². The number of aliphatic hydroxyl groups excluding tert-OH is 1. The van der Waals surface area contributed by atoms with E-state index in [4.69, 9.17) is 4.74 Å². The summed E-state index contributed by atoms with van der Waals surface area (Å²) in [5, 5.41) is 11.0. The lowest BCUT2D eigenvalue weighted by atomic mass is 9.95. The maximum absolute atomic E-state index is 13.1. The van der Waals surface area contributed by atoms with E-state index < -0.39 is 17.7 Å². The molecule has 0 spiro atoms. The second-order valence-corrected chi connectivity index (χ2v) is 7.43. The monoisotopic (exact) mass is 435 g/mol. The van der Waals surface area contributed by atoms with Crippen molar-refractivity contribution in [3.8, 4) is 5.75 Å². The van der Waals surface area contributed by atoms with Crippen molar-refractivity contribution in [2.24, 2.45) is 0 Å². The molecule has 0 saturated carbocycles. The van der Waals surface area contributed by atoms with Crippen molar-refractivity contribution < 1.29 is 19.4 Å². The van der Waals surface area contributed by atoms with E-state index in [2.05, 4.69) is 30.3 Å². The Morgan fingerprint density at radius 2 is 1.94 bits per heavy atom. The molecule has 3 rings (SSSR count). The number of likely N-dealkylation sites (tertiary alicyclic amines) is 1. The number of rotatable bonds is 10. The molecular weight excluding hydrogens is 406 g/mol. The lowest BCUT2D eigenvalue weighted by Crippen LogP contribution is -2.38. The van der Waals surface area contributed by atoms with Crippen molar-refractivity contribution >= 4 is 17.4 Å². The topological polar surface area (TPSA) is 83.0 Å². The number of pyridine rings is 1. The van der Waals surface area contributed by atoms with E-state index in [0.717, 1.165) is 13.1 Å². The fraction of sp³-hybridized carbons (Fsp3) is 0.320. The Labute approximate surface area is 188 Å². The first-order valence-corrected chi connectivity index (χ1v) is 10.8. The molecule has 1 atom stereocenters. The first-order chi connectivity index (χ1) is 15.5. The van der Waals surface area contributed by atoms with Gasteiger partial charge in [-0.1, -0.05) is 38.6 Å². The Morgan fingerprint density at radius 3 is 2.59 bits per heavy atom. The number of amides is 1. The number of aromatic nitrogens is 1. The van der Waals surface area contributed by atoms with Gasteiger partial charge in [-0.25, -0.2) is 0 Å². The zero-order valence-electron chi connectivity index (χ0n) is 18.5. The van der Waals surface area contributed by atoms with Crippen molar-refractivity contribution in [1.82, 2.24) is 14.8 Å². The summed E-state index contributed by atoms with van der Waals surface area (Å²) in [5.74, 6) is -0.921. The SMILES string of the molecule is C=CCOc1cccc(C2C(=C(O)c3ccncc3)C(=O)C(=O)N2CCN(CC)CC)c1. The van der Waals surface area contributed by atoms with Crippen molar-refractivity contribution in [1.29, 1.82) is 0 Å². The molecule has 7 nitrogen and oxygen atoms in total. The summed E-state index contributed by atoms with van der Waals surface area (Å²) < 4.78 is 5.66. The number of hydrogen-bond donors (Lipinski definition) is 1. The fourth-order valence-electron chi connectivity index (χ4n) is 3.84. The molecule has 1 saturated heterocycles. The highest BCUT2D eigenvalue weighted by Crippen LogP contribution is 2.40. The van der Waals surface area contributed by atoms with Gasteiger partial charge in [0.25, 0.3) is 11.7 Å². The number of hydrogen-bond acceptors (Lipinski definition) is 6. The minimum absolute atomic E-state index is 0.0709. The Balaban J connectivity index is 2.08. The van der Waals surface area contributed by atoms with Gasteiger partial charge in [-0.3, -0.25) is 14.6 Å². The molecule has 32 heavy (non-hydrogen) atoms. The van der Waals surface area contributed by atoms with Gasteiger partial charge in [-0.15, -0.1) is 0 Å². The van der Waals surface area contributed by atoms with Gasteiger partial charge in [0, 0.05) is 31.0 Å². The molecule has 1 unspecified atom stereocenters. The number of likely N-dealkylation sites (N-methyl/N-ethyl adjacent to an activating group) is 1. The average molecular weight is 436 g/mol. The molecule has 1 N–H and O–H groups in total. The number of nitrogens with zero attached hydrogens (tertiary/aromatic N) is 3. The molecule has 1 aliphatic rings. The first-order valence-electron chi connectivity index (χ1n) is 10.8. The van der Waals surface area contributed by atoms with Gasteiger partial charge >= 0.3 is 0 Å². The van der Waals surface area contributed by atoms with E-state index in [1.54, 1.807) is 35.2 Å². The summed E-state index contributed by atoms with van der Waals surface area (Å²) in [4.78, 5) is 33.8. The van der Waals surface area contributed by atoms with Crippen LogP contribution in [0.4, 0.5) is 0 Å². The second kappa shape index (κ2) is 10.7. The fourth-order valence-corrected chi connectivity index (χ4v) is 3.84. The third-order valence-corrected chi connectivity index (χ3v) is 5.59. The summed E-state index contributed by atoms with van der Waals surface area (Å²) in [6, 6.07) is 9.75. The normalized spacial score (nSPS) is 17.7. The van der Waals surface area contributed by atoms with Crippen molar-refractivity contribution in [2.75, 3.05) is 32.8 Å². The number of aliphatic hydroxyl groups is 1. The quantitative estimate of drug-likeness (QED) is 0.267. The van der Waals surface area contributed by atoms with Crippen molar-refractivity contribution in [3.05, 3.63) is 78.1 Å². The summed E-state index contributed by atoms with van der Waals surface area (Å²) >= 11 is 0. The number of carbonyl (C=O) groups is 2. The molecule has 168 valence electrons. The van der Waals surface area contributed by atoms with Gasteiger partial charge in [-0.05, 0) is 42.9 Å². The Bertz CT molecular complexity index is 999. The molecule has 2 heterocycles. The van der Waals surface area contributed by atoms with E-state index in [9.17, 15) is 14.7 Å². The largest absolute Gasteiger partial charge is 0.507 e. The molecule has 1 aromatic heterocycles. The third-order valence-electron chi connectivity index (χ3n) is 5.59. The highest BCUT2D eigenvalue weighted by molar-refractivity contribution is 6.46. The van der Waals surface area contributed by atoms with Crippen LogP contribution in [0.5, 0.6) is 5.75 Å².